The minimum absolute atomic E-state index is 0.509. The van der Waals surface area contributed by atoms with Crippen LogP contribution in [-0.2, 0) is 6.42 Å². The van der Waals surface area contributed by atoms with Crippen LogP contribution in [0, 0.1) is 5.92 Å². The fraction of sp³-hybridized carbons (Fsp3) is 0.0851. The van der Waals surface area contributed by atoms with Gasteiger partial charge in [0.25, 0.3) is 0 Å². The fourth-order valence-electron chi connectivity index (χ4n) is 7.60. The van der Waals surface area contributed by atoms with E-state index in [0.29, 0.717) is 5.92 Å². The van der Waals surface area contributed by atoms with Gasteiger partial charge in [-0.05, 0) is 108 Å². The summed E-state index contributed by atoms with van der Waals surface area (Å²) in [7, 11) is 0. The highest BCUT2D eigenvalue weighted by atomic mass is 15.1. The second-order valence-corrected chi connectivity index (χ2v) is 13.5. The van der Waals surface area contributed by atoms with Gasteiger partial charge < -0.3 is 0 Å². The maximum absolute atomic E-state index is 5.05. The molecule has 0 aliphatic carbocycles. The number of rotatable bonds is 6. The van der Waals surface area contributed by atoms with Crippen LogP contribution in [-0.4, -0.2) is 9.55 Å². The Bertz CT molecular complexity index is 2640. The van der Waals surface area contributed by atoms with Gasteiger partial charge in [0, 0.05) is 12.1 Å². The molecule has 9 rings (SSSR count). The number of fused-ring (bicyclic) bond motifs is 4. The molecule has 8 aromatic carbocycles. The van der Waals surface area contributed by atoms with Crippen LogP contribution < -0.4 is 0 Å². The summed E-state index contributed by atoms with van der Waals surface area (Å²) in [5, 5.41) is 7.53. The van der Waals surface area contributed by atoms with Gasteiger partial charge in [-0.1, -0.05) is 141 Å². The lowest BCUT2D eigenvalue weighted by Crippen LogP contribution is -2.05. The third kappa shape index (κ3) is 5.08. The summed E-state index contributed by atoms with van der Waals surface area (Å²) in [6.07, 6.45) is 0.922. The molecule has 0 atom stereocenters. The van der Waals surface area contributed by atoms with Crippen LogP contribution in [0.15, 0.2) is 164 Å². The first-order valence-corrected chi connectivity index (χ1v) is 17.2. The van der Waals surface area contributed by atoms with Gasteiger partial charge in [0.15, 0.2) is 0 Å². The first-order chi connectivity index (χ1) is 24.1. The van der Waals surface area contributed by atoms with Crippen molar-refractivity contribution < 1.29 is 0 Å². The second-order valence-electron chi connectivity index (χ2n) is 13.5. The van der Waals surface area contributed by atoms with Gasteiger partial charge in [0.1, 0.15) is 5.82 Å². The molecule has 234 valence electrons. The number of hydrogen-bond donors (Lipinski definition) is 0. The van der Waals surface area contributed by atoms with Gasteiger partial charge in [-0.3, -0.25) is 4.57 Å². The summed E-state index contributed by atoms with van der Waals surface area (Å²) in [4.78, 5) is 5.05. The van der Waals surface area contributed by atoms with E-state index in [0.717, 1.165) is 29.0 Å². The SMILES string of the molecule is CC(C)Cc1nc2ccccc2n1-c1ccc(-c2c3ccccc3c(-c3ccc4ccccc4c3)c3cc(-c4ccccc4)ccc23)cc1. The van der Waals surface area contributed by atoms with Crippen molar-refractivity contribution in [1.82, 2.24) is 9.55 Å². The molecule has 0 unspecified atom stereocenters. The van der Waals surface area contributed by atoms with Crippen LogP contribution in [0.2, 0.25) is 0 Å². The van der Waals surface area contributed by atoms with Crippen molar-refractivity contribution in [2.24, 2.45) is 5.92 Å². The van der Waals surface area contributed by atoms with Crippen LogP contribution in [0.5, 0.6) is 0 Å². The summed E-state index contributed by atoms with van der Waals surface area (Å²) in [6.45, 7) is 4.52. The highest BCUT2D eigenvalue weighted by Gasteiger charge is 2.19. The number of aromatic nitrogens is 2. The number of hydrogen-bond acceptors (Lipinski definition) is 1. The first kappa shape index (κ1) is 29.2. The van der Waals surface area contributed by atoms with Crippen molar-refractivity contribution in [2.45, 2.75) is 20.3 Å². The van der Waals surface area contributed by atoms with Crippen LogP contribution in [0.3, 0.4) is 0 Å². The lowest BCUT2D eigenvalue weighted by molar-refractivity contribution is 0.616. The van der Waals surface area contributed by atoms with E-state index in [9.17, 15) is 0 Å². The number of nitrogens with zero attached hydrogens (tertiary/aromatic N) is 2. The smallest absolute Gasteiger partial charge is 0.114 e. The molecular weight excluding hydrogens is 593 g/mol. The second kappa shape index (κ2) is 11.9. The predicted octanol–water partition coefficient (Wildman–Crippen LogP) is 12.7. The van der Waals surface area contributed by atoms with Crippen LogP contribution in [0.4, 0.5) is 0 Å². The van der Waals surface area contributed by atoms with E-state index in [1.165, 1.54) is 65.7 Å². The zero-order chi connectivity index (χ0) is 32.9. The monoisotopic (exact) mass is 628 g/mol. The summed E-state index contributed by atoms with van der Waals surface area (Å²) < 4.78 is 2.34. The van der Waals surface area contributed by atoms with Gasteiger partial charge in [-0.2, -0.15) is 0 Å². The standard InChI is InChI=1S/C47H36N2/c1-31(2)28-45-48-43-18-10-11-19-44(43)49(45)38-25-22-34(23-26-38)46-39-16-8-9-17-40(39)47(37-21-20-33-14-6-7-15-35(33)29-37)42-30-36(24-27-41(42)46)32-12-4-3-5-13-32/h3-27,29-31H,28H2,1-2H3. The summed E-state index contributed by atoms with van der Waals surface area (Å²) in [5.41, 5.74) is 10.7. The molecule has 0 N–H and O–H groups in total. The molecule has 1 aromatic heterocycles. The highest BCUT2D eigenvalue weighted by molar-refractivity contribution is 6.22. The maximum atomic E-state index is 5.05. The third-order valence-corrected chi connectivity index (χ3v) is 9.80. The Kier molecular flexibility index (Phi) is 7.09. The molecule has 2 nitrogen and oxygen atoms in total. The molecule has 0 saturated carbocycles. The highest BCUT2D eigenvalue weighted by Crippen LogP contribution is 2.45. The molecule has 0 bridgehead atoms. The largest absolute Gasteiger partial charge is 0.296 e. The first-order valence-electron chi connectivity index (χ1n) is 17.2. The molecule has 2 heteroatoms. The zero-order valence-electron chi connectivity index (χ0n) is 27.8. The van der Waals surface area contributed by atoms with E-state index in [1.54, 1.807) is 0 Å². The van der Waals surface area contributed by atoms with E-state index in [-0.39, 0.29) is 0 Å². The average Bonchev–Trinajstić information content (AvgIpc) is 3.51. The van der Waals surface area contributed by atoms with Crippen molar-refractivity contribution in [2.75, 3.05) is 0 Å². The zero-order valence-corrected chi connectivity index (χ0v) is 27.8. The van der Waals surface area contributed by atoms with Gasteiger partial charge in [-0.25, -0.2) is 4.98 Å². The molecule has 1 heterocycles. The van der Waals surface area contributed by atoms with E-state index in [2.05, 4.69) is 182 Å². The van der Waals surface area contributed by atoms with Gasteiger partial charge in [0.05, 0.1) is 11.0 Å². The molecule has 0 aliphatic heterocycles. The minimum Gasteiger partial charge on any atom is -0.296 e. The molecule has 0 aliphatic rings. The normalized spacial score (nSPS) is 11.7. The Morgan fingerprint density at radius 3 is 1.86 bits per heavy atom. The minimum atomic E-state index is 0.509. The van der Waals surface area contributed by atoms with Crippen molar-refractivity contribution in [3.05, 3.63) is 170 Å². The van der Waals surface area contributed by atoms with Gasteiger partial charge >= 0.3 is 0 Å². The van der Waals surface area contributed by atoms with E-state index in [4.69, 9.17) is 4.98 Å². The number of imidazole rings is 1. The Morgan fingerprint density at radius 2 is 1.08 bits per heavy atom. The lowest BCUT2D eigenvalue weighted by atomic mass is 9.84. The lowest BCUT2D eigenvalue weighted by Gasteiger charge is -2.19. The molecule has 0 radical (unpaired) electrons. The summed E-state index contributed by atoms with van der Waals surface area (Å²) in [6, 6.07) is 59.8. The molecule has 49 heavy (non-hydrogen) atoms. The van der Waals surface area contributed by atoms with Gasteiger partial charge in [0.2, 0.25) is 0 Å². The molecule has 0 fully saturated rings. The maximum Gasteiger partial charge on any atom is 0.114 e. The molecule has 0 saturated heterocycles. The Hall–Kier alpha value is -5.99. The van der Waals surface area contributed by atoms with E-state index >= 15 is 0 Å². The topological polar surface area (TPSA) is 17.8 Å². The fourth-order valence-corrected chi connectivity index (χ4v) is 7.60. The molecule has 9 aromatic rings. The Morgan fingerprint density at radius 1 is 0.469 bits per heavy atom. The third-order valence-electron chi connectivity index (χ3n) is 9.80. The Labute approximate surface area is 286 Å². The van der Waals surface area contributed by atoms with Crippen molar-refractivity contribution >= 4 is 43.4 Å². The van der Waals surface area contributed by atoms with E-state index in [1.807, 2.05) is 0 Å². The predicted molar refractivity (Wildman–Crippen MR) is 208 cm³/mol. The quantitative estimate of drug-likeness (QED) is 0.168. The Balaban J connectivity index is 1.29. The number of para-hydroxylation sites is 2. The van der Waals surface area contributed by atoms with Crippen molar-refractivity contribution in [3.63, 3.8) is 0 Å². The van der Waals surface area contributed by atoms with Crippen LogP contribution >= 0.6 is 0 Å². The summed E-state index contributed by atoms with van der Waals surface area (Å²) in [5.74, 6) is 1.61. The molecular formula is C47H36N2. The summed E-state index contributed by atoms with van der Waals surface area (Å²) >= 11 is 0. The number of benzene rings is 8. The van der Waals surface area contributed by atoms with Gasteiger partial charge in [-0.15, -0.1) is 0 Å². The van der Waals surface area contributed by atoms with Crippen molar-refractivity contribution in [3.8, 4) is 39.1 Å². The van der Waals surface area contributed by atoms with Crippen LogP contribution in [0.25, 0.3) is 82.4 Å². The molecule has 0 spiro atoms. The van der Waals surface area contributed by atoms with Crippen LogP contribution in [0.1, 0.15) is 19.7 Å². The van der Waals surface area contributed by atoms with E-state index < -0.39 is 0 Å². The average molecular weight is 629 g/mol. The van der Waals surface area contributed by atoms with Crippen molar-refractivity contribution in [1.29, 1.82) is 0 Å². The molecule has 0 amide bonds.